The standard InChI is InChI=1S/C17H20N2O/c1-4-19(12-15-8-6-5-7-9-15)17(20)16-10-11-18-14(3)13(16)2/h5-11H,4,12H2,1-3H3. The molecule has 0 unspecified atom stereocenters. The van der Waals surface area contributed by atoms with Crippen LogP contribution in [-0.4, -0.2) is 22.3 Å². The molecule has 0 spiro atoms. The molecule has 0 bridgehead atoms. The minimum atomic E-state index is 0.0688. The summed E-state index contributed by atoms with van der Waals surface area (Å²) in [6, 6.07) is 11.9. The van der Waals surface area contributed by atoms with Crippen LogP contribution in [0.2, 0.25) is 0 Å². The SMILES string of the molecule is CCN(Cc1ccccc1)C(=O)c1ccnc(C)c1C. The van der Waals surface area contributed by atoms with Crippen molar-refractivity contribution in [2.24, 2.45) is 0 Å². The third kappa shape index (κ3) is 3.05. The van der Waals surface area contributed by atoms with Gasteiger partial charge >= 0.3 is 0 Å². The van der Waals surface area contributed by atoms with Crippen LogP contribution in [-0.2, 0) is 6.54 Å². The van der Waals surface area contributed by atoms with Crippen LogP contribution < -0.4 is 0 Å². The van der Waals surface area contributed by atoms with Gasteiger partial charge in [0.15, 0.2) is 0 Å². The Morgan fingerprint density at radius 2 is 1.85 bits per heavy atom. The van der Waals surface area contributed by atoms with E-state index in [4.69, 9.17) is 0 Å². The molecule has 104 valence electrons. The zero-order valence-electron chi connectivity index (χ0n) is 12.3. The number of hydrogen-bond donors (Lipinski definition) is 0. The number of nitrogens with zero attached hydrogens (tertiary/aromatic N) is 2. The topological polar surface area (TPSA) is 33.2 Å². The molecular weight excluding hydrogens is 248 g/mol. The summed E-state index contributed by atoms with van der Waals surface area (Å²) in [4.78, 5) is 18.7. The zero-order valence-corrected chi connectivity index (χ0v) is 12.3. The first-order valence-electron chi connectivity index (χ1n) is 6.89. The average molecular weight is 268 g/mol. The lowest BCUT2D eigenvalue weighted by Crippen LogP contribution is -2.31. The normalized spacial score (nSPS) is 10.3. The largest absolute Gasteiger partial charge is 0.335 e. The molecule has 2 rings (SSSR count). The molecule has 0 saturated heterocycles. The summed E-state index contributed by atoms with van der Waals surface area (Å²) in [6.07, 6.45) is 1.70. The van der Waals surface area contributed by atoms with Crippen LogP contribution in [0.4, 0.5) is 0 Å². The molecule has 1 aromatic carbocycles. The Balaban J connectivity index is 2.23. The number of aryl methyl sites for hydroxylation is 1. The Morgan fingerprint density at radius 3 is 2.50 bits per heavy atom. The van der Waals surface area contributed by atoms with E-state index in [1.54, 1.807) is 12.3 Å². The first-order chi connectivity index (χ1) is 9.63. The van der Waals surface area contributed by atoms with Gasteiger partial charge in [0.2, 0.25) is 0 Å². The Labute approximate surface area is 120 Å². The highest BCUT2D eigenvalue weighted by Gasteiger charge is 2.17. The molecular formula is C17H20N2O. The fourth-order valence-electron chi connectivity index (χ4n) is 2.17. The molecule has 0 radical (unpaired) electrons. The maximum absolute atomic E-state index is 12.7. The molecule has 0 saturated carbocycles. The predicted octanol–water partition coefficient (Wildman–Crippen LogP) is 3.36. The maximum Gasteiger partial charge on any atom is 0.254 e. The fraction of sp³-hybridized carbons (Fsp3) is 0.294. The summed E-state index contributed by atoms with van der Waals surface area (Å²) in [5, 5.41) is 0. The molecule has 2 aromatic rings. The van der Waals surface area contributed by atoms with E-state index in [2.05, 4.69) is 4.98 Å². The number of amides is 1. The van der Waals surface area contributed by atoms with Gasteiger partial charge in [-0.15, -0.1) is 0 Å². The van der Waals surface area contributed by atoms with Crippen LogP contribution >= 0.6 is 0 Å². The van der Waals surface area contributed by atoms with Gasteiger partial charge in [-0.25, -0.2) is 0 Å². The molecule has 3 heteroatoms. The van der Waals surface area contributed by atoms with Crippen molar-refractivity contribution in [3.63, 3.8) is 0 Å². The van der Waals surface area contributed by atoms with Crippen LogP contribution in [0.5, 0.6) is 0 Å². The van der Waals surface area contributed by atoms with Crippen LogP contribution in [0.1, 0.15) is 34.1 Å². The van der Waals surface area contributed by atoms with E-state index in [9.17, 15) is 4.79 Å². The monoisotopic (exact) mass is 268 g/mol. The minimum absolute atomic E-state index is 0.0688. The third-order valence-electron chi connectivity index (χ3n) is 3.57. The van der Waals surface area contributed by atoms with Gasteiger partial charge in [-0.2, -0.15) is 0 Å². The summed E-state index contributed by atoms with van der Waals surface area (Å²) >= 11 is 0. The molecule has 1 amide bonds. The van der Waals surface area contributed by atoms with Gasteiger partial charge in [0.05, 0.1) is 0 Å². The lowest BCUT2D eigenvalue weighted by molar-refractivity contribution is 0.0751. The summed E-state index contributed by atoms with van der Waals surface area (Å²) in [5.74, 6) is 0.0688. The van der Waals surface area contributed by atoms with Crippen LogP contribution in [0.15, 0.2) is 42.6 Å². The average Bonchev–Trinajstić information content (AvgIpc) is 2.48. The van der Waals surface area contributed by atoms with Gasteiger partial charge in [0.1, 0.15) is 0 Å². The molecule has 0 fully saturated rings. The number of carbonyl (C=O) groups is 1. The van der Waals surface area contributed by atoms with Crippen molar-refractivity contribution in [3.05, 3.63) is 65.0 Å². The molecule has 1 heterocycles. The van der Waals surface area contributed by atoms with Crippen molar-refractivity contribution in [3.8, 4) is 0 Å². The molecule has 0 aliphatic carbocycles. The van der Waals surface area contributed by atoms with E-state index in [0.29, 0.717) is 13.1 Å². The highest BCUT2D eigenvalue weighted by molar-refractivity contribution is 5.95. The minimum Gasteiger partial charge on any atom is -0.335 e. The Bertz CT molecular complexity index is 593. The van der Waals surface area contributed by atoms with Crippen molar-refractivity contribution >= 4 is 5.91 Å². The molecule has 0 aliphatic heterocycles. The summed E-state index contributed by atoms with van der Waals surface area (Å²) in [7, 11) is 0. The molecule has 1 aromatic heterocycles. The van der Waals surface area contributed by atoms with Crippen LogP contribution in [0.3, 0.4) is 0 Å². The molecule has 3 nitrogen and oxygen atoms in total. The van der Waals surface area contributed by atoms with Crippen molar-refractivity contribution in [1.29, 1.82) is 0 Å². The van der Waals surface area contributed by atoms with Crippen molar-refractivity contribution < 1.29 is 4.79 Å². The van der Waals surface area contributed by atoms with Gasteiger partial charge in [0.25, 0.3) is 5.91 Å². The smallest absolute Gasteiger partial charge is 0.254 e. The van der Waals surface area contributed by atoms with Gasteiger partial charge in [0, 0.05) is 30.5 Å². The van der Waals surface area contributed by atoms with Gasteiger partial charge in [-0.05, 0) is 38.0 Å². The second-order valence-corrected chi connectivity index (χ2v) is 4.87. The summed E-state index contributed by atoms with van der Waals surface area (Å²) < 4.78 is 0. The van der Waals surface area contributed by atoms with Crippen LogP contribution in [0.25, 0.3) is 0 Å². The lowest BCUT2D eigenvalue weighted by atomic mass is 10.1. The van der Waals surface area contributed by atoms with Crippen LogP contribution in [0, 0.1) is 13.8 Å². The number of carbonyl (C=O) groups excluding carboxylic acids is 1. The number of aromatic nitrogens is 1. The summed E-state index contributed by atoms with van der Waals surface area (Å²) in [5.41, 5.74) is 3.76. The predicted molar refractivity (Wildman–Crippen MR) is 80.6 cm³/mol. The molecule has 0 N–H and O–H groups in total. The second-order valence-electron chi connectivity index (χ2n) is 4.87. The second kappa shape index (κ2) is 6.33. The third-order valence-corrected chi connectivity index (χ3v) is 3.57. The first kappa shape index (κ1) is 14.3. The quantitative estimate of drug-likeness (QED) is 0.852. The Hall–Kier alpha value is -2.16. The molecule has 0 atom stereocenters. The highest BCUT2D eigenvalue weighted by atomic mass is 16.2. The number of pyridine rings is 1. The van der Waals surface area contributed by atoms with Gasteiger partial charge in [-0.3, -0.25) is 9.78 Å². The Kier molecular flexibility index (Phi) is 4.51. The number of rotatable bonds is 4. The lowest BCUT2D eigenvalue weighted by Gasteiger charge is -2.22. The first-order valence-corrected chi connectivity index (χ1v) is 6.89. The van der Waals surface area contributed by atoms with E-state index in [1.165, 1.54) is 0 Å². The Morgan fingerprint density at radius 1 is 1.15 bits per heavy atom. The molecule has 0 aliphatic rings. The van der Waals surface area contributed by atoms with Gasteiger partial charge < -0.3 is 4.90 Å². The summed E-state index contributed by atoms with van der Waals surface area (Å²) in [6.45, 7) is 7.21. The van der Waals surface area contributed by atoms with E-state index in [1.807, 2.05) is 56.0 Å². The fourth-order valence-corrected chi connectivity index (χ4v) is 2.17. The van der Waals surface area contributed by atoms with E-state index >= 15 is 0 Å². The van der Waals surface area contributed by atoms with Crippen molar-refractivity contribution in [1.82, 2.24) is 9.88 Å². The zero-order chi connectivity index (χ0) is 14.5. The molecule has 20 heavy (non-hydrogen) atoms. The van der Waals surface area contributed by atoms with Crippen molar-refractivity contribution in [2.45, 2.75) is 27.3 Å². The number of hydrogen-bond acceptors (Lipinski definition) is 2. The number of benzene rings is 1. The van der Waals surface area contributed by atoms with Gasteiger partial charge in [-0.1, -0.05) is 30.3 Å². The van der Waals surface area contributed by atoms with E-state index in [0.717, 1.165) is 22.4 Å². The highest BCUT2D eigenvalue weighted by Crippen LogP contribution is 2.15. The van der Waals surface area contributed by atoms with E-state index < -0.39 is 0 Å². The maximum atomic E-state index is 12.7. The van der Waals surface area contributed by atoms with E-state index in [-0.39, 0.29) is 5.91 Å². The van der Waals surface area contributed by atoms with Crippen molar-refractivity contribution in [2.75, 3.05) is 6.54 Å².